The van der Waals surface area contributed by atoms with Gasteiger partial charge in [-0.05, 0) is 37.6 Å². The molecular formula is C14H20N2O4. The van der Waals surface area contributed by atoms with Crippen molar-refractivity contribution in [3.8, 4) is 0 Å². The van der Waals surface area contributed by atoms with E-state index in [-0.39, 0.29) is 17.6 Å². The molecule has 1 aromatic rings. The van der Waals surface area contributed by atoms with E-state index in [4.69, 9.17) is 9.84 Å². The molecule has 0 spiro atoms. The molecule has 0 fully saturated rings. The second-order valence-corrected chi connectivity index (χ2v) is 4.68. The molecule has 1 unspecified atom stereocenters. The van der Waals surface area contributed by atoms with E-state index < -0.39 is 5.97 Å². The Balaban J connectivity index is 2.78. The van der Waals surface area contributed by atoms with Crippen LogP contribution in [-0.2, 0) is 4.74 Å². The maximum absolute atomic E-state index is 12.0. The first-order valence-electron chi connectivity index (χ1n) is 6.23. The third-order valence-corrected chi connectivity index (χ3v) is 3.10. The molecule has 110 valence electrons. The molecule has 6 nitrogen and oxygen atoms in total. The minimum Gasteiger partial charge on any atom is -0.478 e. The number of ether oxygens (including phenoxy) is 1. The van der Waals surface area contributed by atoms with Gasteiger partial charge in [-0.2, -0.15) is 0 Å². The largest absolute Gasteiger partial charge is 0.478 e. The lowest BCUT2D eigenvalue weighted by molar-refractivity contribution is 0.0697. The molecule has 0 bridgehead atoms. The number of carbonyl (C=O) groups excluding carboxylic acids is 1. The van der Waals surface area contributed by atoms with E-state index in [1.54, 1.807) is 27.1 Å². The van der Waals surface area contributed by atoms with E-state index in [1.807, 2.05) is 6.92 Å². The summed E-state index contributed by atoms with van der Waals surface area (Å²) in [6.07, 6.45) is 0. The second kappa shape index (κ2) is 6.91. The van der Waals surface area contributed by atoms with E-state index in [0.29, 0.717) is 17.9 Å². The molecule has 0 aliphatic heterocycles. The number of methoxy groups -OCH3 is 1. The Morgan fingerprint density at radius 3 is 2.60 bits per heavy atom. The summed E-state index contributed by atoms with van der Waals surface area (Å²) in [6.45, 7) is 4.07. The Kier molecular flexibility index (Phi) is 5.52. The van der Waals surface area contributed by atoms with E-state index in [2.05, 4.69) is 5.32 Å². The number of carboxylic acid groups (broad SMARTS) is 1. The molecule has 0 aromatic heterocycles. The van der Waals surface area contributed by atoms with Gasteiger partial charge in [0.05, 0.1) is 18.2 Å². The number of likely N-dealkylation sites (N-methyl/N-ethyl adjacent to an activating group) is 1. The van der Waals surface area contributed by atoms with Gasteiger partial charge in [-0.1, -0.05) is 0 Å². The molecule has 1 atom stereocenters. The van der Waals surface area contributed by atoms with Gasteiger partial charge >= 0.3 is 12.0 Å². The van der Waals surface area contributed by atoms with Crippen LogP contribution >= 0.6 is 0 Å². The first kappa shape index (κ1) is 16.0. The van der Waals surface area contributed by atoms with E-state index in [9.17, 15) is 9.59 Å². The topological polar surface area (TPSA) is 78.9 Å². The average molecular weight is 280 g/mol. The molecule has 2 N–H and O–H groups in total. The summed E-state index contributed by atoms with van der Waals surface area (Å²) >= 11 is 0. The number of aryl methyl sites for hydroxylation is 1. The quantitative estimate of drug-likeness (QED) is 0.866. The number of benzene rings is 1. The van der Waals surface area contributed by atoms with Crippen molar-refractivity contribution in [2.24, 2.45) is 0 Å². The van der Waals surface area contributed by atoms with Crippen molar-refractivity contribution >= 4 is 17.7 Å². The highest BCUT2D eigenvalue weighted by Gasteiger charge is 2.16. The molecule has 2 amide bonds. The van der Waals surface area contributed by atoms with Crippen LogP contribution in [0.25, 0.3) is 0 Å². The predicted molar refractivity (Wildman–Crippen MR) is 76.3 cm³/mol. The summed E-state index contributed by atoms with van der Waals surface area (Å²) in [6, 6.07) is 4.25. The molecule has 0 saturated carbocycles. The molecule has 0 aliphatic carbocycles. The Labute approximate surface area is 118 Å². The number of rotatable bonds is 5. The number of urea groups is 1. The Morgan fingerprint density at radius 1 is 1.45 bits per heavy atom. The fraction of sp³-hybridized carbons (Fsp3) is 0.429. The Hall–Kier alpha value is -2.08. The highest BCUT2D eigenvalue weighted by atomic mass is 16.5. The standard InChI is InChI=1S/C14H20N2O4/c1-9-7-11(13(17)18)5-6-12(9)15-14(19)16(3)10(2)8-20-4/h5-7,10H,8H2,1-4H3,(H,15,19)(H,17,18). The maximum Gasteiger partial charge on any atom is 0.335 e. The van der Waals surface area contributed by atoms with Gasteiger partial charge in [0.2, 0.25) is 0 Å². The number of hydrogen-bond donors (Lipinski definition) is 2. The van der Waals surface area contributed by atoms with Crippen molar-refractivity contribution in [2.45, 2.75) is 19.9 Å². The zero-order chi connectivity index (χ0) is 15.3. The Bertz CT molecular complexity index is 502. The number of amides is 2. The molecule has 0 radical (unpaired) electrons. The zero-order valence-corrected chi connectivity index (χ0v) is 12.1. The summed E-state index contributed by atoms with van der Waals surface area (Å²) in [7, 11) is 3.26. The molecular weight excluding hydrogens is 260 g/mol. The van der Waals surface area contributed by atoms with Crippen LogP contribution in [0, 0.1) is 6.92 Å². The van der Waals surface area contributed by atoms with Crippen molar-refractivity contribution in [2.75, 3.05) is 26.1 Å². The van der Waals surface area contributed by atoms with Crippen LogP contribution in [0.4, 0.5) is 10.5 Å². The summed E-state index contributed by atoms with van der Waals surface area (Å²) in [5.74, 6) is -0.989. The molecule has 1 rings (SSSR count). The smallest absolute Gasteiger partial charge is 0.335 e. The van der Waals surface area contributed by atoms with Gasteiger partial charge < -0.3 is 20.1 Å². The molecule has 0 saturated heterocycles. The molecule has 1 aromatic carbocycles. The highest BCUT2D eigenvalue weighted by molar-refractivity contribution is 5.92. The fourth-order valence-corrected chi connectivity index (χ4v) is 1.69. The number of hydrogen-bond acceptors (Lipinski definition) is 3. The van der Waals surface area contributed by atoms with Crippen LogP contribution < -0.4 is 5.32 Å². The van der Waals surface area contributed by atoms with Gasteiger partial charge in [-0.3, -0.25) is 0 Å². The number of carboxylic acids is 1. The third-order valence-electron chi connectivity index (χ3n) is 3.10. The predicted octanol–water partition coefficient (Wildman–Crippen LogP) is 2.19. The molecule has 0 aliphatic rings. The zero-order valence-electron chi connectivity index (χ0n) is 12.1. The second-order valence-electron chi connectivity index (χ2n) is 4.68. The third kappa shape index (κ3) is 3.96. The monoisotopic (exact) mass is 280 g/mol. The van der Waals surface area contributed by atoms with Crippen LogP contribution in [0.3, 0.4) is 0 Å². The van der Waals surface area contributed by atoms with Crippen molar-refractivity contribution in [1.82, 2.24) is 4.90 Å². The van der Waals surface area contributed by atoms with E-state index in [1.165, 1.54) is 17.0 Å². The molecule has 20 heavy (non-hydrogen) atoms. The summed E-state index contributed by atoms with van der Waals surface area (Å²) < 4.78 is 5.00. The highest BCUT2D eigenvalue weighted by Crippen LogP contribution is 2.17. The van der Waals surface area contributed by atoms with Crippen molar-refractivity contribution in [3.05, 3.63) is 29.3 Å². The van der Waals surface area contributed by atoms with Crippen LogP contribution in [-0.4, -0.2) is 48.8 Å². The number of anilines is 1. The first-order chi connectivity index (χ1) is 9.36. The van der Waals surface area contributed by atoms with E-state index in [0.717, 1.165) is 0 Å². The van der Waals surface area contributed by atoms with Crippen LogP contribution in [0.5, 0.6) is 0 Å². The first-order valence-corrected chi connectivity index (χ1v) is 6.23. The minimum atomic E-state index is -0.989. The minimum absolute atomic E-state index is 0.0569. The summed E-state index contributed by atoms with van der Waals surface area (Å²) in [5.41, 5.74) is 1.49. The normalized spacial score (nSPS) is 11.8. The molecule has 0 heterocycles. The van der Waals surface area contributed by atoms with Gasteiger partial charge in [0.1, 0.15) is 0 Å². The SMILES string of the molecule is COCC(C)N(C)C(=O)Nc1ccc(C(=O)O)cc1C. The lowest BCUT2D eigenvalue weighted by Gasteiger charge is -2.25. The average Bonchev–Trinajstić information content (AvgIpc) is 2.40. The lowest BCUT2D eigenvalue weighted by Crippen LogP contribution is -2.40. The van der Waals surface area contributed by atoms with Gasteiger partial charge in [0.25, 0.3) is 0 Å². The van der Waals surface area contributed by atoms with Gasteiger partial charge in [0, 0.05) is 19.8 Å². The number of nitrogens with zero attached hydrogens (tertiary/aromatic N) is 1. The number of carbonyl (C=O) groups is 2. The summed E-state index contributed by atoms with van der Waals surface area (Å²) in [5, 5.41) is 11.6. The van der Waals surface area contributed by atoms with Gasteiger partial charge in [0.15, 0.2) is 0 Å². The van der Waals surface area contributed by atoms with Crippen molar-refractivity contribution in [3.63, 3.8) is 0 Å². The maximum atomic E-state index is 12.0. The lowest BCUT2D eigenvalue weighted by atomic mass is 10.1. The van der Waals surface area contributed by atoms with Crippen molar-refractivity contribution < 1.29 is 19.4 Å². The van der Waals surface area contributed by atoms with E-state index >= 15 is 0 Å². The number of nitrogens with one attached hydrogen (secondary N) is 1. The van der Waals surface area contributed by atoms with Gasteiger partial charge in [-0.25, -0.2) is 9.59 Å². The molecule has 6 heteroatoms. The van der Waals surface area contributed by atoms with Crippen LogP contribution in [0.15, 0.2) is 18.2 Å². The Morgan fingerprint density at radius 2 is 2.10 bits per heavy atom. The van der Waals surface area contributed by atoms with Crippen molar-refractivity contribution in [1.29, 1.82) is 0 Å². The van der Waals surface area contributed by atoms with Crippen LogP contribution in [0.2, 0.25) is 0 Å². The van der Waals surface area contributed by atoms with Gasteiger partial charge in [-0.15, -0.1) is 0 Å². The van der Waals surface area contributed by atoms with Crippen LogP contribution in [0.1, 0.15) is 22.8 Å². The fourth-order valence-electron chi connectivity index (χ4n) is 1.69. The number of aromatic carboxylic acids is 1. The summed E-state index contributed by atoms with van der Waals surface area (Å²) in [4.78, 5) is 24.4.